The Kier molecular flexibility index (Phi) is 5.69. The molecule has 0 aromatic carbocycles. The summed E-state index contributed by atoms with van der Waals surface area (Å²) in [5.41, 5.74) is 0. The zero-order valence-electron chi connectivity index (χ0n) is 10.0. The highest BCUT2D eigenvalue weighted by Gasteiger charge is 2.02. The predicted molar refractivity (Wildman–Crippen MR) is 67.8 cm³/mol. The van der Waals surface area contributed by atoms with Crippen molar-refractivity contribution in [3.63, 3.8) is 0 Å². The quantitative estimate of drug-likeness (QED) is 0.594. The second-order valence-electron chi connectivity index (χ2n) is 3.80. The number of aromatic nitrogens is 2. The fourth-order valence-electron chi connectivity index (χ4n) is 1.23. The molecule has 16 heavy (non-hydrogen) atoms. The number of rotatable bonds is 6. The molecule has 0 N–H and O–H groups in total. The Morgan fingerprint density at radius 2 is 2.12 bits per heavy atom. The van der Waals surface area contributed by atoms with Crippen LogP contribution in [0.15, 0.2) is 10.7 Å². The van der Waals surface area contributed by atoms with Gasteiger partial charge in [0, 0.05) is 19.0 Å². The molecule has 5 heteroatoms. The largest absolute Gasteiger partial charge is 0.478 e. The van der Waals surface area contributed by atoms with Crippen LogP contribution in [0.2, 0.25) is 0 Å². The SMILES string of the molecule is CCc1nc(Br)cc(OCCCN(C)C)n1. The van der Waals surface area contributed by atoms with E-state index in [0.717, 1.165) is 29.8 Å². The highest BCUT2D eigenvalue weighted by atomic mass is 79.9. The molecule has 0 atom stereocenters. The summed E-state index contributed by atoms with van der Waals surface area (Å²) in [6.45, 7) is 3.73. The van der Waals surface area contributed by atoms with E-state index >= 15 is 0 Å². The Morgan fingerprint density at radius 1 is 1.38 bits per heavy atom. The highest BCUT2D eigenvalue weighted by molar-refractivity contribution is 9.10. The van der Waals surface area contributed by atoms with Gasteiger partial charge >= 0.3 is 0 Å². The lowest BCUT2D eigenvalue weighted by Gasteiger charge is -2.10. The first-order chi connectivity index (χ1) is 7.61. The molecule has 0 amide bonds. The van der Waals surface area contributed by atoms with Gasteiger partial charge in [0.05, 0.1) is 6.61 Å². The normalized spacial score (nSPS) is 10.8. The van der Waals surface area contributed by atoms with Gasteiger partial charge in [-0.1, -0.05) is 6.92 Å². The van der Waals surface area contributed by atoms with Gasteiger partial charge in [0.2, 0.25) is 5.88 Å². The number of ether oxygens (including phenoxy) is 1. The zero-order valence-corrected chi connectivity index (χ0v) is 11.6. The van der Waals surface area contributed by atoms with Gasteiger partial charge in [-0.2, -0.15) is 4.98 Å². The van der Waals surface area contributed by atoms with Crippen LogP contribution in [0.25, 0.3) is 0 Å². The van der Waals surface area contributed by atoms with E-state index in [2.05, 4.69) is 44.9 Å². The van der Waals surface area contributed by atoms with E-state index in [0.29, 0.717) is 12.5 Å². The van der Waals surface area contributed by atoms with Gasteiger partial charge < -0.3 is 9.64 Å². The smallest absolute Gasteiger partial charge is 0.217 e. The van der Waals surface area contributed by atoms with Crippen molar-refractivity contribution in [1.82, 2.24) is 14.9 Å². The average molecular weight is 288 g/mol. The van der Waals surface area contributed by atoms with Crippen LogP contribution < -0.4 is 4.74 Å². The van der Waals surface area contributed by atoms with Crippen LogP contribution in [0, 0.1) is 0 Å². The predicted octanol–water partition coefficient (Wildman–Crippen LogP) is 2.13. The number of hydrogen-bond acceptors (Lipinski definition) is 4. The molecule has 1 heterocycles. The van der Waals surface area contributed by atoms with Crippen LogP contribution in [0.3, 0.4) is 0 Å². The van der Waals surface area contributed by atoms with Crippen LogP contribution in [-0.4, -0.2) is 42.1 Å². The summed E-state index contributed by atoms with van der Waals surface area (Å²) in [6.07, 6.45) is 1.81. The number of aryl methyl sites for hydroxylation is 1. The maximum absolute atomic E-state index is 5.57. The summed E-state index contributed by atoms with van der Waals surface area (Å²) in [6, 6.07) is 1.80. The Hall–Kier alpha value is -0.680. The fourth-order valence-corrected chi connectivity index (χ4v) is 1.63. The maximum Gasteiger partial charge on any atom is 0.217 e. The molecule has 0 spiro atoms. The third-order valence-corrected chi connectivity index (χ3v) is 2.44. The molecule has 0 unspecified atom stereocenters. The van der Waals surface area contributed by atoms with Crippen LogP contribution in [0.4, 0.5) is 0 Å². The van der Waals surface area contributed by atoms with Crippen LogP contribution in [0.1, 0.15) is 19.2 Å². The molecule has 0 saturated heterocycles. The van der Waals surface area contributed by atoms with E-state index < -0.39 is 0 Å². The molecule has 0 saturated carbocycles. The Bertz CT molecular complexity index is 331. The molecule has 4 nitrogen and oxygen atoms in total. The summed E-state index contributed by atoms with van der Waals surface area (Å²) in [5.74, 6) is 1.45. The van der Waals surface area contributed by atoms with E-state index in [9.17, 15) is 0 Å². The summed E-state index contributed by atoms with van der Waals surface area (Å²) < 4.78 is 6.35. The second-order valence-corrected chi connectivity index (χ2v) is 4.62. The standard InChI is InChI=1S/C11H18BrN3O/c1-4-10-13-9(12)8-11(14-10)16-7-5-6-15(2)3/h8H,4-7H2,1-3H3. The van der Waals surface area contributed by atoms with E-state index in [4.69, 9.17) is 4.74 Å². The maximum atomic E-state index is 5.57. The van der Waals surface area contributed by atoms with Gasteiger partial charge in [-0.3, -0.25) is 0 Å². The minimum absolute atomic E-state index is 0.650. The molecule has 1 rings (SSSR count). The molecule has 90 valence electrons. The summed E-state index contributed by atoms with van der Waals surface area (Å²) in [7, 11) is 4.10. The third-order valence-electron chi connectivity index (χ3n) is 2.03. The van der Waals surface area contributed by atoms with Crippen LogP contribution >= 0.6 is 15.9 Å². The molecule has 0 aliphatic heterocycles. The van der Waals surface area contributed by atoms with Gasteiger partial charge in [0.15, 0.2) is 0 Å². The molecular formula is C11H18BrN3O. The average Bonchev–Trinajstić information content (AvgIpc) is 2.23. The van der Waals surface area contributed by atoms with Crippen LogP contribution in [-0.2, 0) is 6.42 Å². The molecule has 0 radical (unpaired) electrons. The molecule has 0 fully saturated rings. The topological polar surface area (TPSA) is 38.2 Å². The molecule has 0 aliphatic rings. The molecule has 0 aliphatic carbocycles. The lowest BCUT2D eigenvalue weighted by molar-refractivity contribution is 0.272. The Balaban J connectivity index is 2.44. The van der Waals surface area contributed by atoms with Crippen molar-refractivity contribution in [3.8, 4) is 5.88 Å². The fraction of sp³-hybridized carbons (Fsp3) is 0.636. The van der Waals surface area contributed by atoms with E-state index in [1.54, 1.807) is 6.07 Å². The minimum atomic E-state index is 0.650. The van der Waals surface area contributed by atoms with Gasteiger partial charge in [-0.25, -0.2) is 4.98 Å². The van der Waals surface area contributed by atoms with Gasteiger partial charge in [0.25, 0.3) is 0 Å². The first-order valence-corrected chi connectivity index (χ1v) is 6.22. The van der Waals surface area contributed by atoms with E-state index in [1.807, 2.05) is 6.92 Å². The lowest BCUT2D eigenvalue weighted by Crippen LogP contribution is -2.15. The minimum Gasteiger partial charge on any atom is -0.478 e. The van der Waals surface area contributed by atoms with Crippen molar-refractivity contribution >= 4 is 15.9 Å². The molecule has 0 bridgehead atoms. The summed E-state index contributed by atoms with van der Waals surface area (Å²) in [4.78, 5) is 10.7. The highest BCUT2D eigenvalue weighted by Crippen LogP contribution is 2.14. The van der Waals surface area contributed by atoms with Crippen molar-refractivity contribution in [3.05, 3.63) is 16.5 Å². The van der Waals surface area contributed by atoms with Crippen molar-refractivity contribution in [2.45, 2.75) is 19.8 Å². The second kappa shape index (κ2) is 6.81. The van der Waals surface area contributed by atoms with Crippen molar-refractivity contribution in [1.29, 1.82) is 0 Å². The van der Waals surface area contributed by atoms with Crippen molar-refractivity contribution in [2.75, 3.05) is 27.2 Å². The van der Waals surface area contributed by atoms with Crippen molar-refractivity contribution < 1.29 is 4.74 Å². The monoisotopic (exact) mass is 287 g/mol. The number of hydrogen-bond donors (Lipinski definition) is 0. The summed E-state index contributed by atoms with van der Waals surface area (Å²) >= 11 is 3.35. The lowest BCUT2D eigenvalue weighted by atomic mass is 10.4. The summed E-state index contributed by atoms with van der Waals surface area (Å²) in [5, 5.41) is 0. The first kappa shape index (κ1) is 13.4. The number of halogens is 1. The Labute approximate surface area is 105 Å². The first-order valence-electron chi connectivity index (χ1n) is 5.42. The molecule has 1 aromatic heterocycles. The van der Waals surface area contributed by atoms with E-state index in [-0.39, 0.29) is 0 Å². The van der Waals surface area contributed by atoms with Crippen LogP contribution in [0.5, 0.6) is 5.88 Å². The zero-order chi connectivity index (χ0) is 12.0. The van der Waals surface area contributed by atoms with E-state index in [1.165, 1.54) is 0 Å². The van der Waals surface area contributed by atoms with Gasteiger partial charge in [-0.15, -0.1) is 0 Å². The van der Waals surface area contributed by atoms with Gasteiger partial charge in [-0.05, 0) is 36.4 Å². The Morgan fingerprint density at radius 3 is 2.75 bits per heavy atom. The third kappa shape index (κ3) is 4.90. The van der Waals surface area contributed by atoms with Crippen molar-refractivity contribution in [2.24, 2.45) is 0 Å². The molecule has 1 aromatic rings. The van der Waals surface area contributed by atoms with Gasteiger partial charge in [0.1, 0.15) is 10.4 Å². The number of nitrogens with zero attached hydrogens (tertiary/aromatic N) is 3. The molecular weight excluding hydrogens is 270 g/mol.